The summed E-state index contributed by atoms with van der Waals surface area (Å²) in [5.41, 5.74) is 0.136. The van der Waals surface area contributed by atoms with E-state index in [1.165, 1.54) is 23.9 Å². The van der Waals surface area contributed by atoms with E-state index in [0.29, 0.717) is 0 Å². The molecule has 1 atom stereocenters. The van der Waals surface area contributed by atoms with E-state index in [2.05, 4.69) is 5.32 Å². The molecule has 0 spiro atoms. The number of sulfonamides is 1. The number of nitrogens with two attached hydrogens (primary N) is 1. The van der Waals surface area contributed by atoms with Gasteiger partial charge >= 0.3 is 5.97 Å². The zero-order chi connectivity index (χ0) is 15.5. The van der Waals surface area contributed by atoms with Crippen molar-refractivity contribution in [3.63, 3.8) is 0 Å². The van der Waals surface area contributed by atoms with E-state index in [1.807, 2.05) is 0 Å². The molecule has 4 N–H and O–H groups in total. The van der Waals surface area contributed by atoms with Gasteiger partial charge in [-0.2, -0.15) is 0 Å². The van der Waals surface area contributed by atoms with E-state index in [4.69, 9.17) is 10.2 Å². The summed E-state index contributed by atoms with van der Waals surface area (Å²) in [6.45, 7) is 1.87. The average Bonchev–Trinajstić information content (AvgIpc) is 2.67. The van der Waals surface area contributed by atoms with E-state index in [9.17, 15) is 18.0 Å². The third kappa shape index (κ3) is 4.35. The first kappa shape index (κ1) is 16.2. The van der Waals surface area contributed by atoms with Gasteiger partial charge in [-0.25, -0.2) is 13.6 Å². The zero-order valence-electron chi connectivity index (χ0n) is 11.2. The van der Waals surface area contributed by atoms with Gasteiger partial charge in [0.05, 0.1) is 0 Å². The van der Waals surface area contributed by atoms with Crippen molar-refractivity contribution >= 4 is 21.9 Å². The molecular weight excluding hydrogens is 286 g/mol. The molecule has 8 nitrogen and oxygen atoms in total. The zero-order valence-corrected chi connectivity index (χ0v) is 12.0. The fourth-order valence-electron chi connectivity index (χ4n) is 1.64. The Balaban J connectivity index is 2.74. The molecule has 1 heterocycles. The number of carboxylic acids is 1. The topological polar surface area (TPSA) is 131 Å². The Kier molecular flexibility index (Phi) is 4.90. The van der Waals surface area contributed by atoms with Gasteiger partial charge in [0.25, 0.3) is 5.91 Å². The number of carbonyl (C=O) groups excluding carboxylic acids is 1. The van der Waals surface area contributed by atoms with Crippen molar-refractivity contribution in [1.82, 2.24) is 9.88 Å². The van der Waals surface area contributed by atoms with Gasteiger partial charge in [0, 0.05) is 26.2 Å². The number of hydrogen-bond acceptors (Lipinski definition) is 4. The van der Waals surface area contributed by atoms with Crippen LogP contribution in [-0.2, 0) is 21.9 Å². The molecule has 0 fully saturated rings. The lowest BCUT2D eigenvalue weighted by atomic mass is 10.1. The summed E-state index contributed by atoms with van der Waals surface area (Å²) >= 11 is 0. The molecule has 0 aromatic carbocycles. The molecule has 112 valence electrons. The normalized spacial score (nSPS) is 12.9. The Morgan fingerprint density at radius 1 is 1.50 bits per heavy atom. The number of nitrogens with zero attached hydrogens (tertiary/aromatic N) is 1. The van der Waals surface area contributed by atoms with Gasteiger partial charge in [-0.3, -0.25) is 9.59 Å². The number of aromatic nitrogens is 1. The number of aryl methyl sites for hydroxylation is 1. The summed E-state index contributed by atoms with van der Waals surface area (Å²) < 4.78 is 23.7. The summed E-state index contributed by atoms with van der Waals surface area (Å²) in [5.74, 6) is -1.66. The molecule has 0 saturated carbocycles. The molecule has 20 heavy (non-hydrogen) atoms. The van der Waals surface area contributed by atoms with Crippen LogP contribution >= 0.6 is 0 Å². The van der Waals surface area contributed by atoms with Crippen LogP contribution in [0.1, 0.15) is 23.8 Å². The van der Waals surface area contributed by atoms with Crippen molar-refractivity contribution in [3.8, 4) is 0 Å². The predicted molar refractivity (Wildman–Crippen MR) is 70.5 cm³/mol. The number of rotatable bonds is 6. The first-order chi connectivity index (χ1) is 9.11. The molecule has 1 amide bonds. The summed E-state index contributed by atoms with van der Waals surface area (Å²) in [6, 6.07) is 1.17. The van der Waals surface area contributed by atoms with Crippen LogP contribution in [0.15, 0.2) is 17.2 Å². The van der Waals surface area contributed by atoms with Gasteiger partial charge in [-0.15, -0.1) is 0 Å². The Hall–Kier alpha value is -1.87. The third-order valence-electron chi connectivity index (χ3n) is 2.68. The molecule has 1 rings (SSSR count). The van der Waals surface area contributed by atoms with Crippen LogP contribution in [0.4, 0.5) is 0 Å². The van der Waals surface area contributed by atoms with E-state index in [1.54, 1.807) is 6.92 Å². The molecule has 0 aliphatic heterocycles. The van der Waals surface area contributed by atoms with E-state index < -0.39 is 21.9 Å². The monoisotopic (exact) mass is 303 g/mol. The van der Waals surface area contributed by atoms with Crippen LogP contribution in [-0.4, -0.2) is 36.5 Å². The first-order valence-corrected chi connectivity index (χ1v) is 7.35. The maximum absolute atomic E-state index is 11.9. The lowest BCUT2D eigenvalue weighted by molar-refractivity contribution is -0.137. The Morgan fingerprint density at radius 2 is 2.10 bits per heavy atom. The van der Waals surface area contributed by atoms with Crippen LogP contribution in [0, 0.1) is 5.92 Å². The fraction of sp³-hybridized carbons (Fsp3) is 0.455. The molecule has 0 radical (unpaired) electrons. The largest absolute Gasteiger partial charge is 0.481 e. The maximum Gasteiger partial charge on any atom is 0.303 e. The molecule has 1 aromatic heterocycles. The number of aliphatic carboxylic acids is 1. The summed E-state index contributed by atoms with van der Waals surface area (Å²) in [4.78, 5) is 22.2. The quantitative estimate of drug-likeness (QED) is 0.652. The Bertz CT molecular complexity index is 620. The van der Waals surface area contributed by atoms with Crippen molar-refractivity contribution in [2.45, 2.75) is 18.2 Å². The first-order valence-electron chi connectivity index (χ1n) is 5.80. The van der Waals surface area contributed by atoms with Crippen molar-refractivity contribution < 1.29 is 23.1 Å². The number of carbonyl (C=O) groups is 2. The summed E-state index contributed by atoms with van der Waals surface area (Å²) in [5, 5.41) is 16.1. The van der Waals surface area contributed by atoms with Crippen molar-refractivity contribution in [1.29, 1.82) is 0 Å². The highest BCUT2D eigenvalue weighted by molar-refractivity contribution is 7.89. The molecule has 1 unspecified atom stereocenters. The second kappa shape index (κ2) is 6.06. The molecule has 9 heteroatoms. The SMILES string of the molecule is CC(CNC(=O)c1cc(S(N)(=O)=O)cn1C)CC(=O)O. The lowest BCUT2D eigenvalue weighted by Crippen LogP contribution is -2.30. The van der Waals surface area contributed by atoms with Gasteiger partial charge in [0.1, 0.15) is 10.6 Å². The lowest BCUT2D eigenvalue weighted by Gasteiger charge is -2.10. The third-order valence-corrected chi connectivity index (χ3v) is 3.56. The predicted octanol–water partition coefficient (Wildman–Crippen LogP) is -0.487. The van der Waals surface area contributed by atoms with Gasteiger partial charge in [0.15, 0.2) is 0 Å². The Morgan fingerprint density at radius 3 is 2.55 bits per heavy atom. The maximum atomic E-state index is 11.9. The standard InChI is InChI=1S/C11H17N3O5S/c1-7(3-10(15)16)5-13-11(17)9-4-8(6-14(9)2)20(12,18)19/h4,6-7H,3,5H2,1-2H3,(H,13,17)(H,15,16)(H2,12,18,19). The van der Waals surface area contributed by atoms with Crippen LogP contribution in [0.2, 0.25) is 0 Å². The second-order valence-corrected chi connectivity index (χ2v) is 6.19. The van der Waals surface area contributed by atoms with Gasteiger partial charge in [-0.1, -0.05) is 6.92 Å². The van der Waals surface area contributed by atoms with E-state index in [-0.39, 0.29) is 29.5 Å². The number of nitrogens with one attached hydrogen (secondary N) is 1. The molecule has 0 saturated heterocycles. The highest BCUT2D eigenvalue weighted by Gasteiger charge is 2.18. The minimum Gasteiger partial charge on any atom is -0.481 e. The number of amides is 1. The molecular formula is C11H17N3O5S. The molecule has 0 aliphatic rings. The average molecular weight is 303 g/mol. The molecule has 0 bridgehead atoms. The number of hydrogen-bond donors (Lipinski definition) is 3. The van der Waals surface area contributed by atoms with Gasteiger partial charge in [-0.05, 0) is 12.0 Å². The highest BCUT2D eigenvalue weighted by atomic mass is 32.2. The van der Waals surface area contributed by atoms with Crippen molar-refractivity contribution in [3.05, 3.63) is 18.0 Å². The number of carboxylic acid groups (broad SMARTS) is 1. The summed E-state index contributed by atoms with van der Waals surface area (Å²) in [6.07, 6.45) is 1.18. The Labute approximate surface area is 116 Å². The highest BCUT2D eigenvalue weighted by Crippen LogP contribution is 2.12. The minimum absolute atomic E-state index is 0.0597. The van der Waals surface area contributed by atoms with Crippen LogP contribution < -0.4 is 10.5 Å². The smallest absolute Gasteiger partial charge is 0.303 e. The van der Waals surface area contributed by atoms with E-state index in [0.717, 1.165) is 0 Å². The minimum atomic E-state index is -3.86. The second-order valence-electron chi connectivity index (χ2n) is 4.63. The van der Waals surface area contributed by atoms with Crippen molar-refractivity contribution in [2.24, 2.45) is 18.1 Å². The van der Waals surface area contributed by atoms with Gasteiger partial charge < -0.3 is 15.0 Å². The summed E-state index contributed by atoms with van der Waals surface area (Å²) in [7, 11) is -2.35. The van der Waals surface area contributed by atoms with E-state index >= 15 is 0 Å². The molecule has 0 aliphatic carbocycles. The van der Waals surface area contributed by atoms with Crippen molar-refractivity contribution in [2.75, 3.05) is 6.54 Å². The van der Waals surface area contributed by atoms with Gasteiger partial charge in [0.2, 0.25) is 10.0 Å². The number of primary sulfonamides is 1. The van der Waals surface area contributed by atoms with Crippen LogP contribution in [0.25, 0.3) is 0 Å². The fourth-order valence-corrected chi connectivity index (χ4v) is 2.22. The van der Waals surface area contributed by atoms with Crippen LogP contribution in [0.3, 0.4) is 0 Å². The molecule has 1 aromatic rings. The van der Waals surface area contributed by atoms with Crippen LogP contribution in [0.5, 0.6) is 0 Å².